The first-order chi connectivity index (χ1) is 13.3. The summed E-state index contributed by atoms with van der Waals surface area (Å²) in [5, 5.41) is 4.43. The fraction of sp³-hybridized carbons (Fsp3) is 0.381. The summed E-state index contributed by atoms with van der Waals surface area (Å²) < 4.78 is 13.6. The van der Waals surface area contributed by atoms with Crippen molar-refractivity contribution < 1.29 is 9.18 Å². The third-order valence-electron chi connectivity index (χ3n) is 5.01. The first-order valence-electron chi connectivity index (χ1n) is 9.28. The van der Waals surface area contributed by atoms with E-state index in [-0.39, 0.29) is 17.9 Å². The molecule has 1 atom stereocenters. The minimum absolute atomic E-state index is 0.0754. The first kappa shape index (κ1) is 20.9. The molecule has 0 spiro atoms. The number of benzene rings is 2. The van der Waals surface area contributed by atoms with Gasteiger partial charge in [-0.05, 0) is 66.9 Å². The van der Waals surface area contributed by atoms with Crippen LogP contribution in [0, 0.1) is 12.7 Å². The lowest BCUT2D eigenvalue weighted by Crippen LogP contribution is -2.44. The van der Waals surface area contributed by atoms with Gasteiger partial charge in [0.25, 0.3) is 0 Å². The molecule has 7 heteroatoms. The van der Waals surface area contributed by atoms with Crippen molar-refractivity contribution in [2.24, 2.45) is 0 Å². The van der Waals surface area contributed by atoms with Gasteiger partial charge in [-0.3, -0.25) is 0 Å². The number of urea groups is 1. The van der Waals surface area contributed by atoms with Crippen LogP contribution >= 0.6 is 23.2 Å². The number of hydrogen-bond donors (Lipinski definition) is 1. The number of nitrogens with zero attached hydrogens (tertiary/aromatic N) is 2. The molecule has 1 heterocycles. The SMILES string of the molecule is Cc1cc(F)ccc1C1CCNCCN1C(=O)N(C)Cc1cc(Cl)cc(Cl)c1. The van der Waals surface area contributed by atoms with E-state index < -0.39 is 0 Å². The predicted molar refractivity (Wildman–Crippen MR) is 111 cm³/mol. The van der Waals surface area contributed by atoms with Crippen LogP contribution in [0.25, 0.3) is 0 Å². The zero-order valence-corrected chi connectivity index (χ0v) is 17.5. The van der Waals surface area contributed by atoms with Gasteiger partial charge < -0.3 is 15.1 Å². The van der Waals surface area contributed by atoms with Crippen LogP contribution in [0.1, 0.15) is 29.2 Å². The van der Waals surface area contributed by atoms with E-state index in [2.05, 4.69) is 5.32 Å². The van der Waals surface area contributed by atoms with E-state index in [4.69, 9.17) is 23.2 Å². The molecule has 1 aliphatic heterocycles. The molecular weight excluding hydrogens is 400 g/mol. The average molecular weight is 424 g/mol. The first-order valence-corrected chi connectivity index (χ1v) is 10.0. The minimum Gasteiger partial charge on any atom is -0.323 e. The van der Waals surface area contributed by atoms with Crippen molar-refractivity contribution in [2.75, 3.05) is 26.7 Å². The number of hydrogen-bond acceptors (Lipinski definition) is 2. The van der Waals surface area contributed by atoms with Crippen molar-refractivity contribution in [2.45, 2.75) is 25.9 Å². The molecular formula is C21H24Cl2FN3O. The summed E-state index contributed by atoms with van der Waals surface area (Å²) in [4.78, 5) is 16.8. The number of aryl methyl sites for hydroxylation is 1. The highest BCUT2D eigenvalue weighted by molar-refractivity contribution is 6.34. The lowest BCUT2D eigenvalue weighted by atomic mass is 9.97. The molecule has 3 rings (SSSR count). The summed E-state index contributed by atoms with van der Waals surface area (Å²) in [5.74, 6) is -0.263. The van der Waals surface area contributed by atoms with Crippen LogP contribution in [0.4, 0.5) is 9.18 Å². The molecule has 28 heavy (non-hydrogen) atoms. The number of carbonyl (C=O) groups is 1. The third kappa shape index (κ3) is 4.96. The van der Waals surface area contributed by atoms with Crippen molar-refractivity contribution in [3.8, 4) is 0 Å². The van der Waals surface area contributed by atoms with Crippen molar-refractivity contribution in [1.82, 2.24) is 15.1 Å². The van der Waals surface area contributed by atoms with Crippen molar-refractivity contribution in [1.29, 1.82) is 0 Å². The van der Waals surface area contributed by atoms with E-state index >= 15 is 0 Å². The van der Waals surface area contributed by atoms with Gasteiger partial charge in [-0.2, -0.15) is 0 Å². The standard InChI is InChI=1S/C21H24Cl2FN3O/c1-14-9-18(24)3-4-19(14)20-5-6-25-7-8-27(20)21(28)26(2)13-15-10-16(22)12-17(23)11-15/h3-4,9-12,20,25H,5-8,13H2,1-2H3. The van der Waals surface area contributed by atoms with Crippen molar-refractivity contribution in [3.05, 3.63) is 69.0 Å². The largest absolute Gasteiger partial charge is 0.323 e. The second-order valence-corrected chi connectivity index (χ2v) is 8.04. The smallest absolute Gasteiger partial charge is 0.320 e. The van der Waals surface area contributed by atoms with Crippen LogP contribution in [-0.4, -0.2) is 42.5 Å². The summed E-state index contributed by atoms with van der Waals surface area (Å²) in [6, 6.07) is 9.88. The van der Waals surface area contributed by atoms with E-state index in [0.717, 1.165) is 36.2 Å². The van der Waals surface area contributed by atoms with Gasteiger partial charge in [0.2, 0.25) is 0 Å². The molecule has 1 fully saturated rings. The van der Waals surface area contributed by atoms with Crippen LogP contribution < -0.4 is 5.32 Å². The summed E-state index contributed by atoms with van der Waals surface area (Å²) in [7, 11) is 1.77. The monoisotopic (exact) mass is 423 g/mol. The van der Waals surface area contributed by atoms with E-state index in [1.54, 1.807) is 24.1 Å². The molecule has 2 aromatic carbocycles. The molecule has 1 N–H and O–H groups in total. The molecule has 1 saturated heterocycles. The van der Waals surface area contributed by atoms with E-state index in [0.29, 0.717) is 23.1 Å². The van der Waals surface area contributed by atoms with Gasteiger partial charge >= 0.3 is 6.03 Å². The molecule has 2 aromatic rings. The highest BCUT2D eigenvalue weighted by Gasteiger charge is 2.29. The average Bonchev–Trinajstić information content (AvgIpc) is 2.86. The molecule has 0 aliphatic carbocycles. The van der Waals surface area contributed by atoms with Gasteiger partial charge in [-0.25, -0.2) is 9.18 Å². The van der Waals surface area contributed by atoms with Gasteiger partial charge in [0.1, 0.15) is 5.82 Å². The molecule has 4 nitrogen and oxygen atoms in total. The van der Waals surface area contributed by atoms with Gasteiger partial charge in [-0.15, -0.1) is 0 Å². The lowest BCUT2D eigenvalue weighted by molar-refractivity contribution is 0.142. The van der Waals surface area contributed by atoms with Crippen LogP contribution in [0.2, 0.25) is 10.0 Å². The Morgan fingerprint density at radius 2 is 1.93 bits per heavy atom. The summed E-state index contributed by atoms with van der Waals surface area (Å²) >= 11 is 12.2. The maximum Gasteiger partial charge on any atom is 0.320 e. The zero-order chi connectivity index (χ0) is 20.3. The van der Waals surface area contributed by atoms with Gasteiger partial charge in [0.05, 0.1) is 6.04 Å². The summed E-state index contributed by atoms with van der Waals surface area (Å²) in [5.41, 5.74) is 2.71. The highest BCUT2D eigenvalue weighted by Crippen LogP contribution is 2.29. The quantitative estimate of drug-likeness (QED) is 0.751. The van der Waals surface area contributed by atoms with Crippen LogP contribution in [-0.2, 0) is 6.54 Å². The lowest BCUT2D eigenvalue weighted by Gasteiger charge is -2.34. The normalized spacial score (nSPS) is 17.3. The molecule has 0 saturated carbocycles. The number of nitrogens with one attached hydrogen (secondary N) is 1. The molecule has 0 bridgehead atoms. The maximum absolute atomic E-state index is 13.6. The highest BCUT2D eigenvalue weighted by atomic mass is 35.5. The maximum atomic E-state index is 13.6. The zero-order valence-electron chi connectivity index (χ0n) is 16.0. The number of halogens is 3. The van der Waals surface area contributed by atoms with Crippen molar-refractivity contribution >= 4 is 29.2 Å². The number of carbonyl (C=O) groups excluding carboxylic acids is 1. The molecule has 1 aliphatic rings. The Morgan fingerprint density at radius 3 is 2.61 bits per heavy atom. The van der Waals surface area contributed by atoms with Gasteiger partial charge in [0, 0.05) is 36.7 Å². The topological polar surface area (TPSA) is 35.6 Å². The second-order valence-electron chi connectivity index (χ2n) is 7.17. The van der Waals surface area contributed by atoms with Crippen molar-refractivity contribution in [3.63, 3.8) is 0 Å². The minimum atomic E-state index is -0.263. The molecule has 0 aromatic heterocycles. The fourth-order valence-electron chi connectivity index (χ4n) is 3.70. The second kappa shape index (κ2) is 9.12. The summed E-state index contributed by atoms with van der Waals surface area (Å²) in [6.45, 7) is 4.40. The number of amides is 2. The van der Waals surface area contributed by atoms with Crippen LogP contribution in [0.3, 0.4) is 0 Å². The fourth-order valence-corrected chi connectivity index (χ4v) is 4.27. The molecule has 2 amide bonds. The summed E-state index contributed by atoms with van der Waals surface area (Å²) in [6.07, 6.45) is 0.773. The third-order valence-corrected chi connectivity index (χ3v) is 5.44. The predicted octanol–water partition coefficient (Wildman–Crippen LogP) is 5.03. The Bertz CT molecular complexity index is 841. The van der Waals surface area contributed by atoms with E-state index in [1.807, 2.05) is 24.0 Å². The Kier molecular flexibility index (Phi) is 6.81. The Hall–Kier alpha value is -1.82. The Labute approximate surface area is 175 Å². The molecule has 150 valence electrons. The Balaban J connectivity index is 1.83. The van der Waals surface area contributed by atoms with E-state index in [9.17, 15) is 9.18 Å². The molecule has 0 radical (unpaired) electrons. The van der Waals surface area contributed by atoms with E-state index in [1.165, 1.54) is 12.1 Å². The molecule has 1 unspecified atom stereocenters. The van der Waals surface area contributed by atoms with Gasteiger partial charge in [-0.1, -0.05) is 29.3 Å². The van der Waals surface area contributed by atoms with Crippen LogP contribution in [0.5, 0.6) is 0 Å². The van der Waals surface area contributed by atoms with Crippen LogP contribution in [0.15, 0.2) is 36.4 Å². The van der Waals surface area contributed by atoms with Gasteiger partial charge in [0.15, 0.2) is 0 Å². The number of rotatable bonds is 3. The Morgan fingerprint density at radius 1 is 1.21 bits per heavy atom.